The third kappa shape index (κ3) is 3.99. The Kier molecular flexibility index (Phi) is 5.41. The van der Waals surface area contributed by atoms with Gasteiger partial charge in [0.25, 0.3) is 10.0 Å². The smallest absolute Gasteiger partial charge is 0.261 e. The average Bonchev–Trinajstić information content (AvgIpc) is 3.44. The monoisotopic (exact) mass is 423 g/mol. The lowest BCUT2D eigenvalue weighted by Gasteiger charge is -2.18. The van der Waals surface area contributed by atoms with Crippen molar-refractivity contribution in [1.82, 2.24) is 5.01 Å². The van der Waals surface area contributed by atoms with Gasteiger partial charge in [0, 0.05) is 18.5 Å². The van der Waals surface area contributed by atoms with E-state index in [1.165, 1.54) is 17.1 Å². The molecule has 1 aromatic heterocycles. The molecule has 0 saturated carbocycles. The maximum atomic E-state index is 12.5. The summed E-state index contributed by atoms with van der Waals surface area (Å²) in [7, 11) is -3.65. The minimum absolute atomic E-state index is 0.0846. The Labute approximate surface area is 175 Å². The van der Waals surface area contributed by atoms with E-state index in [1.54, 1.807) is 61.7 Å². The molecule has 0 unspecified atom stereocenters. The van der Waals surface area contributed by atoms with Crippen LogP contribution in [0.1, 0.15) is 37.1 Å². The normalized spacial score (nSPS) is 16.4. The van der Waals surface area contributed by atoms with Gasteiger partial charge in [0.1, 0.15) is 11.8 Å². The van der Waals surface area contributed by atoms with Gasteiger partial charge in [-0.2, -0.15) is 5.10 Å². The maximum Gasteiger partial charge on any atom is 0.261 e. The van der Waals surface area contributed by atoms with E-state index in [1.807, 2.05) is 6.07 Å². The second-order valence-corrected chi connectivity index (χ2v) is 8.55. The number of anilines is 1. The lowest BCUT2D eigenvalue weighted by atomic mass is 10.0. The quantitative estimate of drug-likeness (QED) is 0.644. The Morgan fingerprint density at radius 1 is 1.10 bits per heavy atom. The van der Waals surface area contributed by atoms with Gasteiger partial charge in [-0.1, -0.05) is 37.3 Å². The molecule has 154 valence electrons. The predicted molar refractivity (Wildman–Crippen MR) is 113 cm³/mol. The van der Waals surface area contributed by atoms with Crippen molar-refractivity contribution in [2.45, 2.75) is 30.7 Å². The number of amides is 1. The summed E-state index contributed by atoms with van der Waals surface area (Å²) in [6, 6.07) is 18.5. The van der Waals surface area contributed by atoms with Crippen LogP contribution in [0.2, 0.25) is 0 Å². The zero-order valence-electron chi connectivity index (χ0n) is 16.4. The molecule has 8 heteroatoms. The number of furan rings is 1. The highest BCUT2D eigenvalue weighted by molar-refractivity contribution is 7.92. The van der Waals surface area contributed by atoms with Crippen LogP contribution in [0, 0.1) is 0 Å². The van der Waals surface area contributed by atoms with Crippen LogP contribution in [-0.2, 0) is 14.8 Å². The summed E-state index contributed by atoms with van der Waals surface area (Å²) < 4.78 is 33.0. The Morgan fingerprint density at radius 2 is 1.83 bits per heavy atom. The molecule has 1 aliphatic heterocycles. The third-order valence-corrected chi connectivity index (χ3v) is 6.26. The van der Waals surface area contributed by atoms with Crippen LogP contribution < -0.4 is 4.72 Å². The van der Waals surface area contributed by atoms with Crippen LogP contribution in [0.15, 0.2) is 87.4 Å². The first-order valence-electron chi connectivity index (χ1n) is 9.59. The van der Waals surface area contributed by atoms with E-state index in [0.717, 1.165) is 11.3 Å². The van der Waals surface area contributed by atoms with Crippen molar-refractivity contribution in [3.63, 3.8) is 0 Å². The second kappa shape index (κ2) is 8.16. The van der Waals surface area contributed by atoms with Crippen molar-refractivity contribution >= 4 is 27.3 Å². The third-order valence-electron chi connectivity index (χ3n) is 4.86. The summed E-state index contributed by atoms with van der Waals surface area (Å²) in [6.45, 7) is 1.79. The number of benzene rings is 2. The van der Waals surface area contributed by atoms with Gasteiger partial charge in [-0.25, -0.2) is 13.4 Å². The van der Waals surface area contributed by atoms with E-state index in [0.29, 0.717) is 24.3 Å². The van der Waals surface area contributed by atoms with Crippen LogP contribution >= 0.6 is 0 Å². The molecule has 3 aromatic rings. The number of hydrogen-bond acceptors (Lipinski definition) is 5. The molecule has 0 aliphatic carbocycles. The fraction of sp³-hybridized carbons (Fsp3) is 0.182. The fourth-order valence-electron chi connectivity index (χ4n) is 3.32. The largest absolute Gasteiger partial charge is 0.467 e. The highest BCUT2D eigenvalue weighted by Crippen LogP contribution is 2.33. The molecule has 0 saturated heterocycles. The van der Waals surface area contributed by atoms with Gasteiger partial charge in [0.05, 0.1) is 16.9 Å². The molecule has 0 radical (unpaired) electrons. The summed E-state index contributed by atoms with van der Waals surface area (Å²) in [5, 5.41) is 5.99. The number of hydrazone groups is 1. The number of rotatable bonds is 6. The van der Waals surface area contributed by atoms with Crippen LogP contribution in [0.5, 0.6) is 0 Å². The number of sulfonamides is 1. The lowest BCUT2D eigenvalue weighted by Crippen LogP contribution is -2.25. The molecule has 0 fully saturated rings. The number of nitrogens with one attached hydrogen (secondary N) is 1. The van der Waals surface area contributed by atoms with Gasteiger partial charge in [-0.15, -0.1) is 0 Å². The van der Waals surface area contributed by atoms with E-state index in [2.05, 4.69) is 9.82 Å². The molecule has 0 bridgehead atoms. The van der Waals surface area contributed by atoms with E-state index >= 15 is 0 Å². The van der Waals surface area contributed by atoms with Crippen LogP contribution in [0.25, 0.3) is 0 Å². The maximum absolute atomic E-state index is 12.5. The molecule has 4 rings (SSSR count). The molecule has 1 aliphatic rings. The molecule has 2 aromatic carbocycles. The van der Waals surface area contributed by atoms with Gasteiger partial charge in [-0.05, 0) is 42.0 Å². The van der Waals surface area contributed by atoms with Gasteiger partial charge in [0.15, 0.2) is 0 Å². The molecule has 1 atom stereocenters. The van der Waals surface area contributed by atoms with Crippen molar-refractivity contribution in [2.24, 2.45) is 5.10 Å². The molecular weight excluding hydrogens is 402 g/mol. The van der Waals surface area contributed by atoms with Crippen LogP contribution in [0.4, 0.5) is 5.69 Å². The van der Waals surface area contributed by atoms with Crippen molar-refractivity contribution < 1.29 is 17.6 Å². The summed E-state index contributed by atoms with van der Waals surface area (Å²) in [6.07, 6.45) is 2.44. The van der Waals surface area contributed by atoms with Gasteiger partial charge in [0.2, 0.25) is 5.91 Å². The molecular formula is C22H21N3O4S. The van der Waals surface area contributed by atoms with Crippen LogP contribution in [0.3, 0.4) is 0 Å². The van der Waals surface area contributed by atoms with Gasteiger partial charge in [-0.3, -0.25) is 9.52 Å². The minimum Gasteiger partial charge on any atom is -0.467 e. The number of nitrogens with zero attached hydrogens (tertiary/aromatic N) is 2. The standard InChI is InChI=1S/C22H21N3O4S/c1-2-22(26)25-20(21-9-6-14-29-21)15-19(23-25)16-10-12-17(13-11-16)24-30(27,28)18-7-4-3-5-8-18/h3-14,20,24H,2,15H2,1H3/t20-/m0/s1. The summed E-state index contributed by atoms with van der Waals surface area (Å²) in [5.41, 5.74) is 2.02. The summed E-state index contributed by atoms with van der Waals surface area (Å²) in [4.78, 5) is 12.5. The minimum atomic E-state index is -3.65. The predicted octanol–water partition coefficient (Wildman–Crippen LogP) is 4.17. The van der Waals surface area contributed by atoms with E-state index in [4.69, 9.17) is 4.42 Å². The zero-order chi connectivity index (χ0) is 21.1. The van der Waals surface area contributed by atoms with Gasteiger partial charge < -0.3 is 4.42 Å². The first-order valence-corrected chi connectivity index (χ1v) is 11.1. The van der Waals surface area contributed by atoms with Crippen molar-refractivity contribution in [2.75, 3.05) is 4.72 Å². The van der Waals surface area contributed by atoms with E-state index in [-0.39, 0.29) is 16.8 Å². The van der Waals surface area contributed by atoms with Gasteiger partial charge >= 0.3 is 0 Å². The summed E-state index contributed by atoms with van der Waals surface area (Å²) >= 11 is 0. The molecule has 30 heavy (non-hydrogen) atoms. The first kappa shape index (κ1) is 19.9. The molecule has 2 heterocycles. The highest BCUT2D eigenvalue weighted by atomic mass is 32.2. The average molecular weight is 423 g/mol. The van der Waals surface area contributed by atoms with Crippen molar-refractivity contribution in [3.05, 3.63) is 84.3 Å². The summed E-state index contributed by atoms with van der Waals surface area (Å²) in [5.74, 6) is 0.599. The second-order valence-electron chi connectivity index (χ2n) is 6.87. The Bertz CT molecular complexity index is 1150. The fourth-order valence-corrected chi connectivity index (χ4v) is 4.40. The molecule has 1 N–H and O–H groups in total. The highest BCUT2D eigenvalue weighted by Gasteiger charge is 2.34. The molecule has 7 nitrogen and oxygen atoms in total. The van der Waals surface area contributed by atoms with E-state index in [9.17, 15) is 13.2 Å². The molecule has 1 amide bonds. The topological polar surface area (TPSA) is 92.0 Å². The van der Waals surface area contributed by atoms with E-state index < -0.39 is 10.0 Å². The Hall–Kier alpha value is -3.39. The van der Waals surface area contributed by atoms with Crippen molar-refractivity contribution in [1.29, 1.82) is 0 Å². The molecule has 0 spiro atoms. The van der Waals surface area contributed by atoms with Crippen LogP contribution in [-0.4, -0.2) is 25.0 Å². The first-order chi connectivity index (χ1) is 14.5. The SMILES string of the molecule is CCC(=O)N1N=C(c2ccc(NS(=O)(=O)c3ccccc3)cc2)C[C@H]1c1ccco1. The number of carbonyl (C=O) groups is 1. The Balaban J connectivity index is 1.54. The zero-order valence-corrected chi connectivity index (χ0v) is 17.2. The number of hydrogen-bond donors (Lipinski definition) is 1. The van der Waals surface area contributed by atoms with Crippen molar-refractivity contribution in [3.8, 4) is 0 Å². The lowest BCUT2D eigenvalue weighted by molar-refractivity contribution is -0.133. The number of carbonyl (C=O) groups excluding carboxylic acids is 1. The Morgan fingerprint density at radius 3 is 2.47 bits per heavy atom.